The topological polar surface area (TPSA) is 60.2 Å². The second-order valence-electron chi connectivity index (χ2n) is 7.74. The third-order valence-corrected chi connectivity index (χ3v) is 6.01. The number of hydrogen-bond acceptors (Lipinski definition) is 4. The van der Waals surface area contributed by atoms with Crippen molar-refractivity contribution >= 4 is 11.7 Å². The minimum atomic E-state index is 0.0917. The number of likely N-dealkylation sites (tertiary alicyclic amines) is 1. The molecule has 5 nitrogen and oxygen atoms in total. The highest BCUT2D eigenvalue weighted by Gasteiger charge is 2.49. The number of nitriles is 1. The Morgan fingerprint density at radius 3 is 2.63 bits per heavy atom. The van der Waals surface area contributed by atoms with Crippen molar-refractivity contribution in [2.24, 2.45) is 11.8 Å². The highest BCUT2D eigenvalue weighted by atomic mass is 16.2. The first-order valence-corrected chi connectivity index (χ1v) is 9.45. The van der Waals surface area contributed by atoms with Crippen LogP contribution in [0.3, 0.4) is 0 Å². The molecule has 0 N–H and O–H groups in total. The molecule has 5 heteroatoms. The first kappa shape index (κ1) is 17.5. The number of hydrogen-bond donors (Lipinski definition) is 0. The minimum absolute atomic E-state index is 0.0917. The van der Waals surface area contributed by atoms with Gasteiger partial charge in [-0.1, -0.05) is 24.3 Å². The fourth-order valence-electron chi connectivity index (χ4n) is 4.73. The summed E-state index contributed by atoms with van der Waals surface area (Å²) in [5, 5.41) is 9.48. The molecule has 138 valence electrons. The van der Waals surface area contributed by atoms with Gasteiger partial charge in [0, 0.05) is 44.1 Å². The van der Waals surface area contributed by atoms with Gasteiger partial charge in [0.2, 0.25) is 5.91 Å². The van der Waals surface area contributed by atoms with Crippen LogP contribution in [0.5, 0.6) is 0 Å². The van der Waals surface area contributed by atoms with Gasteiger partial charge in [-0.05, 0) is 37.1 Å². The van der Waals surface area contributed by atoms with Gasteiger partial charge in [-0.3, -0.25) is 4.79 Å². The molecule has 0 saturated carbocycles. The average molecular weight is 360 g/mol. The standard InChI is InChI=1S/C22H24N4O/c1-14-6-4-5-7-19(14)21-20-13-25(11-18(20)12-26(21)16(3)27)22-17(10-23)9-8-15(2)24-22/h4-9,18,20-21H,11-13H2,1-3H3/t18-,20-,21+/m1/s1. The van der Waals surface area contributed by atoms with E-state index in [1.165, 1.54) is 11.1 Å². The summed E-state index contributed by atoms with van der Waals surface area (Å²) in [7, 11) is 0. The number of pyridine rings is 1. The Labute approximate surface area is 160 Å². The van der Waals surface area contributed by atoms with Crippen LogP contribution in [0.2, 0.25) is 0 Å². The predicted molar refractivity (Wildman–Crippen MR) is 104 cm³/mol. The maximum Gasteiger partial charge on any atom is 0.219 e. The second-order valence-corrected chi connectivity index (χ2v) is 7.74. The van der Waals surface area contributed by atoms with Crippen LogP contribution in [0.15, 0.2) is 36.4 Å². The summed E-state index contributed by atoms with van der Waals surface area (Å²) < 4.78 is 0. The highest BCUT2D eigenvalue weighted by molar-refractivity contribution is 5.74. The molecule has 2 aromatic rings. The SMILES string of the molecule is CC(=O)N1C[C@H]2CN(c3nc(C)ccc3C#N)C[C@H]2[C@@H]1c1ccccc1C. The van der Waals surface area contributed by atoms with Gasteiger partial charge in [-0.15, -0.1) is 0 Å². The predicted octanol–water partition coefficient (Wildman–Crippen LogP) is 3.23. The van der Waals surface area contributed by atoms with E-state index in [1.54, 1.807) is 6.92 Å². The maximum absolute atomic E-state index is 12.3. The number of aryl methyl sites for hydroxylation is 2. The van der Waals surface area contributed by atoms with Crippen molar-refractivity contribution in [1.29, 1.82) is 5.26 Å². The lowest BCUT2D eigenvalue weighted by atomic mass is 9.87. The van der Waals surface area contributed by atoms with Crippen molar-refractivity contribution in [3.8, 4) is 6.07 Å². The Balaban J connectivity index is 1.69. The van der Waals surface area contributed by atoms with Gasteiger partial charge < -0.3 is 9.80 Å². The second kappa shape index (κ2) is 6.70. The van der Waals surface area contributed by atoms with Crippen molar-refractivity contribution in [3.05, 3.63) is 58.8 Å². The minimum Gasteiger partial charge on any atom is -0.355 e. The van der Waals surface area contributed by atoms with Crippen molar-refractivity contribution in [3.63, 3.8) is 0 Å². The summed E-state index contributed by atoms with van der Waals surface area (Å²) in [6.07, 6.45) is 0. The number of carbonyl (C=O) groups is 1. The molecule has 1 aromatic carbocycles. The molecule has 0 aliphatic carbocycles. The van der Waals surface area contributed by atoms with Crippen molar-refractivity contribution in [1.82, 2.24) is 9.88 Å². The first-order chi connectivity index (χ1) is 13.0. The number of nitrogens with zero attached hydrogens (tertiary/aromatic N) is 4. The zero-order chi connectivity index (χ0) is 19.1. The van der Waals surface area contributed by atoms with Gasteiger partial charge >= 0.3 is 0 Å². The number of fused-ring (bicyclic) bond motifs is 1. The van der Waals surface area contributed by atoms with Gasteiger partial charge in [0.1, 0.15) is 11.9 Å². The van der Waals surface area contributed by atoms with E-state index in [-0.39, 0.29) is 11.9 Å². The summed E-state index contributed by atoms with van der Waals surface area (Å²) in [6, 6.07) is 14.5. The molecular weight excluding hydrogens is 336 g/mol. The van der Waals surface area contributed by atoms with E-state index in [1.807, 2.05) is 30.0 Å². The first-order valence-electron chi connectivity index (χ1n) is 9.45. The molecule has 0 bridgehead atoms. The molecule has 2 aliphatic rings. The molecule has 2 fully saturated rings. The largest absolute Gasteiger partial charge is 0.355 e. The quantitative estimate of drug-likeness (QED) is 0.825. The molecule has 27 heavy (non-hydrogen) atoms. The van der Waals surface area contributed by atoms with Crippen LogP contribution in [0.1, 0.15) is 35.3 Å². The molecule has 0 unspecified atom stereocenters. The van der Waals surface area contributed by atoms with Crippen LogP contribution >= 0.6 is 0 Å². The maximum atomic E-state index is 12.3. The van der Waals surface area contributed by atoms with Crippen molar-refractivity contribution in [2.75, 3.05) is 24.5 Å². The number of carbonyl (C=O) groups excluding carboxylic acids is 1. The lowest BCUT2D eigenvalue weighted by Crippen LogP contribution is -2.35. The average Bonchev–Trinajstić information content (AvgIpc) is 3.20. The molecule has 3 heterocycles. The van der Waals surface area contributed by atoms with E-state index in [2.05, 4.69) is 41.1 Å². The van der Waals surface area contributed by atoms with E-state index in [9.17, 15) is 10.1 Å². The van der Waals surface area contributed by atoms with E-state index in [0.29, 0.717) is 17.4 Å². The van der Waals surface area contributed by atoms with E-state index < -0.39 is 0 Å². The number of benzene rings is 1. The number of amides is 1. The molecule has 1 amide bonds. The van der Waals surface area contributed by atoms with Gasteiger partial charge in [0.05, 0.1) is 11.6 Å². The van der Waals surface area contributed by atoms with Gasteiger partial charge in [-0.25, -0.2) is 4.98 Å². The van der Waals surface area contributed by atoms with Crippen LogP contribution in [0, 0.1) is 37.0 Å². The molecule has 2 aliphatic heterocycles. The fourth-order valence-corrected chi connectivity index (χ4v) is 4.73. The smallest absolute Gasteiger partial charge is 0.219 e. The fraction of sp³-hybridized carbons (Fsp3) is 0.409. The van der Waals surface area contributed by atoms with Crippen LogP contribution in [-0.4, -0.2) is 35.4 Å². The third-order valence-electron chi connectivity index (χ3n) is 6.01. The Hall–Kier alpha value is -2.87. The Kier molecular flexibility index (Phi) is 4.35. The number of aromatic nitrogens is 1. The van der Waals surface area contributed by atoms with Crippen LogP contribution in [0.25, 0.3) is 0 Å². The summed E-state index contributed by atoms with van der Waals surface area (Å²) in [6.45, 7) is 8.16. The normalized spacial score (nSPS) is 24.0. The Morgan fingerprint density at radius 1 is 1.15 bits per heavy atom. The molecule has 4 rings (SSSR count). The molecule has 3 atom stereocenters. The van der Waals surface area contributed by atoms with E-state index >= 15 is 0 Å². The number of anilines is 1. The Morgan fingerprint density at radius 2 is 1.93 bits per heavy atom. The van der Waals surface area contributed by atoms with Crippen molar-refractivity contribution in [2.45, 2.75) is 26.8 Å². The van der Waals surface area contributed by atoms with Crippen LogP contribution < -0.4 is 4.90 Å². The summed E-state index contributed by atoms with van der Waals surface area (Å²) in [4.78, 5) is 21.2. The van der Waals surface area contributed by atoms with Crippen molar-refractivity contribution < 1.29 is 4.79 Å². The van der Waals surface area contributed by atoms with Crippen LogP contribution in [0.4, 0.5) is 5.82 Å². The monoisotopic (exact) mass is 360 g/mol. The Bertz CT molecular complexity index is 932. The summed E-state index contributed by atoms with van der Waals surface area (Å²) in [5.74, 6) is 1.66. The van der Waals surface area contributed by atoms with Gasteiger partial charge in [0.15, 0.2) is 0 Å². The van der Waals surface area contributed by atoms with E-state index in [4.69, 9.17) is 0 Å². The number of rotatable bonds is 2. The van der Waals surface area contributed by atoms with Gasteiger partial charge in [0.25, 0.3) is 0 Å². The summed E-state index contributed by atoms with van der Waals surface area (Å²) >= 11 is 0. The molecular formula is C22H24N4O. The zero-order valence-corrected chi connectivity index (χ0v) is 16.0. The molecule has 0 radical (unpaired) electrons. The lowest BCUT2D eigenvalue weighted by molar-refractivity contribution is -0.130. The highest BCUT2D eigenvalue weighted by Crippen LogP contribution is 2.46. The third kappa shape index (κ3) is 2.95. The molecule has 1 aromatic heterocycles. The van der Waals surface area contributed by atoms with Gasteiger partial charge in [-0.2, -0.15) is 5.26 Å². The van der Waals surface area contributed by atoms with Crippen LogP contribution in [-0.2, 0) is 4.79 Å². The molecule has 2 saturated heterocycles. The van der Waals surface area contributed by atoms with E-state index in [0.717, 1.165) is 31.1 Å². The lowest BCUT2D eigenvalue weighted by Gasteiger charge is -2.30. The zero-order valence-electron chi connectivity index (χ0n) is 16.0. The summed E-state index contributed by atoms with van der Waals surface area (Å²) in [5.41, 5.74) is 4.00. The molecule has 0 spiro atoms.